The molecule has 12 heteroatoms. The molecular formula is C41H51BrO11. The maximum absolute atomic E-state index is 13.8. The molecule has 1 saturated heterocycles. The van der Waals surface area contributed by atoms with E-state index in [1.807, 2.05) is 19.1 Å². The molecule has 6 aliphatic rings. The Balaban J connectivity index is 1.36. The third-order valence-electron chi connectivity index (χ3n) is 14.9. The van der Waals surface area contributed by atoms with Crippen LogP contribution in [-0.2, 0) is 42.8 Å². The van der Waals surface area contributed by atoms with Gasteiger partial charge in [0, 0.05) is 35.6 Å². The maximum Gasteiger partial charge on any atom is 0.342 e. The van der Waals surface area contributed by atoms with Gasteiger partial charge in [0.05, 0.1) is 36.9 Å². The van der Waals surface area contributed by atoms with Gasteiger partial charge in [-0.3, -0.25) is 9.59 Å². The maximum atomic E-state index is 13.8. The van der Waals surface area contributed by atoms with Crippen LogP contribution in [0.5, 0.6) is 0 Å². The fourth-order valence-corrected chi connectivity index (χ4v) is 13.0. The van der Waals surface area contributed by atoms with Gasteiger partial charge in [-0.25, -0.2) is 9.59 Å². The van der Waals surface area contributed by atoms with Gasteiger partial charge in [-0.1, -0.05) is 44.7 Å². The van der Waals surface area contributed by atoms with E-state index in [-0.39, 0.29) is 18.3 Å². The van der Waals surface area contributed by atoms with E-state index >= 15 is 0 Å². The number of rotatable bonds is 6. The van der Waals surface area contributed by atoms with Crippen molar-refractivity contribution in [3.8, 4) is 0 Å². The molecule has 1 N–H and O–H groups in total. The lowest BCUT2D eigenvalue weighted by atomic mass is 9.32. The highest BCUT2D eigenvalue weighted by molar-refractivity contribution is 9.10. The van der Waals surface area contributed by atoms with Crippen molar-refractivity contribution < 1.29 is 52.7 Å². The highest BCUT2D eigenvalue weighted by atomic mass is 79.9. The second-order valence-corrected chi connectivity index (χ2v) is 17.8. The quantitative estimate of drug-likeness (QED) is 0.159. The van der Waals surface area contributed by atoms with E-state index in [0.29, 0.717) is 54.5 Å². The summed E-state index contributed by atoms with van der Waals surface area (Å²) >= 11 is 3.49. The van der Waals surface area contributed by atoms with E-state index in [9.17, 15) is 24.3 Å². The van der Waals surface area contributed by atoms with Crippen LogP contribution in [0.4, 0.5) is 0 Å². The topological polar surface area (TPSA) is 147 Å². The Bertz CT molecular complexity index is 1780. The summed E-state index contributed by atoms with van der Waals surface area (Å²) in [6, 6.07) is 7.18. The normalized spacial score (nSPS) is 44.3. The molecule has 3 unspecified atom stereocenters. The van der Waals surface area contributed by atoms with Gasteiger partial charge >= 0.3 is 23.9 Å². The second kappa shape index (κ2) is 12.7. The van der Waals surface area contributed by atoms with Crippen LogP contribution in [0.25, 0.3) is 0 Å². The number of halogens is 1. The van der Waals surface area contributed by atoms with Crippen LogP contribution in [-0.4, -0.2) is 84.9 Å². The average molecular weight is 800 g/mol. The zero-order valence-electron chi connectivity index (χ0n) is 31.6. The first-order chi connectivity index (χ1) is 24.9. The van der Waals surface area contributed by atoms with Crippen LogP contribution in [0, 0.1) is 39.4 Å². The molecule has 0 amide bonds. The van der Waals surface area contributed by atoms with Crippen molar-refractivity contribution in [1.29, 1.82) is 0 Å². The van der Waals surface area contributed by atoms with Gasteiger partial charge in [0.2, 0.25) is 5.60 Å². The third-order valence-corrected chi connectivity index (χ3v) is 15.6. The van der Waals surface area contributed by atoms with Gasteiger partial charge in [0.15, 0.2) is 6.10 Å². The van der Waals surface area contributed by atoms with Crippen molar-refractivity contribution in [3.63, 3.8) is 0 Å². The number of fused-ring (bicyclic) bond motifs is 9. The van der Waals surface area contributed by atoms with Gasteiger partial charge in [-0.2, -0.15) is 0 Å². The van der Waals surface area contributed by atoms with Gasteiger partial charge in [0.25, 0.3) is 0 Å². The van der Waals surface area contributed by atoms with Crippen LogP contribution < -0.4 is 0 Å². The summed E-state index contributed by atoms with van der Waals surface area (Å²) in [5.74, 6) is -3.24. The van der Waals surface area contributed by atoms with Crippen molar-refractivity contribution in [3.05, 3.63) is 58.6 Å². The summed E-state index contributed by atoms with van der Waals surface area (Å²) in [4.78, 5) is 53.7. The molecule has 1 aromatic rings. The first kappa shape index (κ1) is 38.2. The van der Waals surface area contributed by atoms with Crippen molar-refractivity contribution in [1.82, 2.24) is 0 Å². The molecule has 7 rings (SSSR count). The lowest BCUT2D eigenvalue weighted by molar-refractivity contribution is -0.336. The highest BCUT2D eigenvalue weighted by Crippen LogP contribution is 2.78. The van der Waals surface area contributed by atoms with Gasteiger partial charge < -0.3 is 33.5 Å². The van der Waals surface area contributed by atoms with Crippen LogP contribution in [0.15, 0.2) is 53.0 Å². The Morgan fingerprint density at radius 2 is 1.66 bits per heavy atom. The molecule has 13 atom stereocenters. The molecule has 2 aliphatic heterocycles. The minimum Gasteiger partial charge on any atom is -0.467 e. The number of esters is 4. The van der Waals surface area contributed by atoms with Gasteiger partial charge in [0.1, 0.15) is 18.3 Å². The Morgan fingerprint density at radius 3 is 2.32 bits per heavy atom. The number of benzene rings is 1. The molecule has 11 nitrogen and oxygen atoms in total. The summed E-state index contributed by atoms with van der Waals surface area (Å²) in [5.41, 5.74) is -6.04. The molecule has 0 spiro atoms. The molecule has 2 heterocycles. The molecule has 4 aliphatic carbocycles. The first-order valence-corrected chi connectivity index (χ1v) is 19.4. The van der Waals surface area contributed by atoms with Crippen LogP contribution in [0.2, 0.25) is 0 Å². The Kier molecular flexibility index (Phi) is 9.19. The molecule has 4 saturated carbocycles. The first-order valence-electron chi connectivity index (χ1n) is 18.6. The Morgan fingerprint density at radius 1 is 1.00 bits per heavy atom. The fraction of sp³-hybridized carbons (Fsp3) is 0.659. The standard InChI is InChI=1S/C41H51BrO11/c1-22-20-40(47)30-15-17-36(5)28(16-18-39(21-49-19-11-14-29(36)39)23(2)50-34(45)26-12-9-10-13-27(26)42)37(30,6)32(51-24(3)43)33(52-25(4)44)38(40,7)41(31(22)53-41)35(46)48-8/h9-14,23,28-33,47H,1,15-21H2,2-8H3/t23?,28?,29-,30?,31+,32+,33-,36+,37+,38+,39-,40+,41-/m0/s1. The fourth-order valence-electron chi connectivity index (χ4n) is 12.6. The zero-order chi connectivity index (χ0) is 38.5. The zero-order valence-corrected chi connectivity index (χ0v) is 33.2. The molecule has 0 radical (unpaired) electrons. The lowest BCUT2D eigenvalue weighted by Crippen LogP contribution is -2.82. The number of carbonyl (C=O) groups excluding carboxylic acids is 4. The van der Waals surface area contributed by atoms with Crippen molar-refractivity contribution in [2.75, 3.05) is 20.3 Å². The number of allylic oxidation sites excluding steroid dienone is 1. The number of hydrogen-bond acceptors (Lipinski definition) is 11. The summed E-state index contributed by atoms with van der Waals surface area (Å²) in [6.07, 6.45) is 3.04. The van der Waals surface area contributed by atoms with E-state index < -0.39 is 87.1 Å². The van der Waals surface area contributed by atoms with E-state index in [1.165, 1.54) is 21.0 Å². The summed E-state index contributed by atoms with van der Waals surface area (Å²) in [6.45, 7) is 15.6. The van der Waals surface area contributed by atoms with Crippen LogP contribution in [0.3, 0.4) is 0 Å². The van der Waals surface area contributed by atoms with Crippen molar-refractivity contribution in [2.45, 2.75) is 109 Å². The van der Waals surface area contributed by atoms with Crippen molar-refractivity contribution in [2.24, 2.45) is 39.4 Å². The molecule has 1 aromatic carbocycles. The summed E-state index contributed by atoms with van der Waals surface area (Å²) in [7, 11) is 1.26. The third kappa shape index (κ3) is 4.99. The minimum atomic E-state index is -1.71. The summed E-state index contributed by atoms with van der Waals surface area (Å²) in [5, 5.41) is 13.5. The predicted molar refractivity (Wildman–Crippen MR) is 194 cm³/mol. The van der Waals surface area contributed by atoms with Crippen LogP contribution in [0.1, 0.15) is 84.0 Å². The summed E-state index contributed by atoms with van der Waals surface area (Å²) < 4.78 is 37.3. The largest absolute Gasteiger partial charge is 0.467 e. The van der Waals surface area contributed by atoms with E-state index in [4.69, 9.17) is 28.4 Å². The number of hydrogen-bond donors (Lipinski definition) is 1. The number of aliphatic hydroxyl groups is 1. The number of ether oxygens (including phenoxy) is 6. The molecule has 0 bridgehead atoms. The second-order valence-electron chi connectivity index (χ2n) is 17.0. The lowest BCUT2D eigenvalue weighted by Gasteiger charge is -2.73. The smallest absolute Gasteiger partial charge is 0.342 e. The average Bonchev–Trinajstić information content (AvgIpc) is 3.90. The minimum absolute atomic E-state index is 0.101. The molecule has 0 aromatic heterocycles. The predicted octanol–water partition coefficient (Wildman–Crippen LogP) is 5.90. The van der Waals surface area contributed by atoms with E-state index in [1.54, 1.807) is 25.1 Å². The van der Waals surface area contributed by atoms with Gasteiger partial charge in [-0.15, -0.1) is 0 Å². The molecular weight excluding hydrogens is 748 g/mol. The molecule has 288 valence electrons. The van der Waals surface area contributed by atoms with Crippen molar-refractivity contribution >= 4 is 39.8 Å². The molecule has 5 fully saturated rings. The van der Waals surface area contributed by atoms with E-state index in [0.717, 1.165) is 0 Å². The Hall–Kier alpha value is -3.06. The highest BCUT2D eigenvalue weighted by Gasteiger charge is 2.90. The number of methoxy groups -OCH3 is 1. The number of carbonyl (C=O) groups is 4. The Labute approximate surface area is 319 Å². The van der Waals surface area contributed by atoms with E-state index in [2.05, 4.69) is 42.4 Å². The number of epoxide rings is 1. The SMILES string of the molecule is C=C1C[C@@]2(O)C3CC[C@]4(C)C(CC[C@@]5(C(C)OC(=O)c6ccccc6Br)COCC=C[C@H]54)[C@@]3(C)[C@H](OC(C)=O)[C@H](OC(C)=O)[C@@]2(C)[C@]2(C(=O)OC)O[C@H]12. The van der Waals surface area contributed by atoms with Gasteiger partial charge in [-0.05, 0) is 96.3 Å². The van der Waals surface area contributed by atoms with Crippen LogP contribution >= 0.6 is 15.9 Å². The monoisotopic (exact) mass is 798 g/mol. The molecule has 53 heavy (non-hydrogen) atoms.